The SMILES string of the molecule is Cc1cccc(OCCN(C)C(=O)c2ccc(CN)cc2)c1.Cl. The minimum absolute atomic E-state index is 0. The molecule has 0 fully saturated rings. The standard InChI is InChI=1S/C18H22N2O2.ClH/c1-14-4-3-5-17(12-14)22-11-10-20(2)18(21)16-8-6-15(13-19)7-9-16;/h3-9,12H,10-11,13,19H2,1-2H3;1H. The van der Waals surface area contributed by atoms with E-state index in [1.165, 1.54) is 0 Å². The van der Waals surface area contributed by atoms with Crippen molar-refractivity contribution in [2.45, 2.75) is 13.5 Å². The molecule has 0 aromatic heterocycles. The molecule has 0 heterocycles. The second kappa shape index (κ2) is 9.18. The quantitative estimate of drug-likeness (QED) is 0.883. The molecule has 0 aliphatic carbocycles. The molecule has 0 unspecified atom stereocenters. The Kier molecular flexibility index (Phi) is 7.59. The Bertz CT molecular complexity index is 629. The van der Waals surface area contributed by atoms with Crippen LogP contribution < -0.4 is 10.5 Å². The first-order valence-electron chi connectivity index (χ1n) is 7.34. The van der Waals surface area contributed by atoms with Gasteiger partial charge < -0.3 is 15.4 Å². The number of rotatable bonds is 6. The number of amides is 1. The van der Waals surface area contributed by atoms with Crippen LogP contribution in [0.25, 0.3) is 0 Å². The van der Waals surface area contributed by atoms with Crippen LogP contribution in [0.5, 0.6) is 5.75 Å². The summed E-state index contributed by atoms with van der Waals surface area (Å²) in [6.07, 6.45) is 0. The Morgan fingerprint density at radius 3 is 2.48 bits per heavy atom. The molecule has 4 nitrogen and oxygen atoms in total. The summed E-state index contributed by atoms with van der Waals surface area (Å²) in [4.78, 5) is 13.9. The van der Waals surface area contributed by atoms with E-state index in [0.717, 1.165) is 16.9 Å². The van der Waals surface area contributed by atoms with Gasteiger partial charge in [0.15, 0.2) is 0 Å². The minimum Gasteiger partial charge on any atom is -0.492 e. The number of likely N-dealkylation sites (N-methyl/N-ethyl adjacent to an activating group) is 1. The third kappa shape index (κ3) is 5.58. The van der Waals surface area contributed by atoms with Gasteiger partial charge in [0, 0.05) is 19.2 Å². The van der Waals surface area contributed by atoms with Gasteiger partial charge in [0.2, 0.25) is 0 Å². The van der Waals surface area contributed by atoms with E-state index in [-0.39, 0.29) is 18.3 Å². The monoisotopic (exact) mass is 334 g/mol. The number of ether oxygens (including phenoxy) is 1. The van der Waals surface area contributed by atoms with Crippen LogP contribution in [0, 0.1) is 6.92 Å². The molecule has 0 saturated carbocycles. The van der Waals surface area contributed by atoms with Crippen LogP contribution in [0.4, 0.5) is 0 Å². The number of benzene rings is 2. The van der Waals surface area contributed by atoms with Crippen molar-refractivity contribution in [3.63, 3.8) is 0 Å². The maximum atomic E-state index is 12.3. The Morgan fingerprint density at radius 2 is 1.87 bits per heavy atom. The lowest BCUT2D eigenvalue weighted by atomic mass is 10.1. The summed E-state index contributed by atoms with van der Waals surface area (Å²) < 4.78 is 5.67. The summed E-state index contributed by atoms with van der Waals surface area (Å²) in [6.45, 7) is 3.50. The van der Waals surface area contributed by atoms with Gasteiger partial charge in [0.25, 0.3) is 5.91 Å². The molecule has 1 amide bonds. The summed E-state index contributed by atoms with van der Waals surface area (Å²) in [5.74, 6) is 0.810. The first-order chi connectivity index (χ1) is 10.6. The van der Waals surface area contributed by atoms with Gasteiger partial charge in [-0.2, -0.15) is 0 Å². The predicted octanol–water partition coefficient (Wildman–Crippen LogP) is 3.03. The molecule has 0 saturated heterocycles. The van der Waals surface area contributed by atoms with Crippen molar-refractivity contribution in [3.05, 3.63) is 65.2 Å². The fourth-order valence-corrected chi connectivity index (χ4v) is 2.11. The van der Waals surface area contributed by atoms with Gasteiger partial charge in [-0.1, -0.05) is 24.3 Å². The summed E-state index contributed by atoms with van der Waals surface area (Å²) in [6, 6.07) is 15.2. The summed E-state index contributed by atoms with van der Waals surface area (Å²) >= 11 is 0. The Morgan fingerprint density at radius 1 is 1.17 bits per heavy atom. The normalized spacial score (nSPS) is 9.87. The van der Waals surface area contributed by atoms with E-state index in [2.05, 4.69) is 0 Å². The first-order valence-corrected chi connectivity index (χ1v) is 7.34. The number of nitrogens with two attached hydrogens (primary N) is 1. The smallest absolute Gasteiger partial charge is 0.253 e. The van der Waals surface area contributed by atoms with Crippen molar-refractivity contribution in [1.29, 1.82) is 0 Å². The number of aryl methyl sites for hydroxylation is 1. The molecule has 2 aromatic rings. The lowest BCUT2D eigenvalue weighted by Crippen LogP contribution is -2.30. The third-order valence-corrected chi connectivity index (χ3v) is 3.47. The Labute approximate surface area is 143 Å². The Hall–Kier alpha value is -2.04. The Balaban J connectivity index is 0.00000264. The summed E-state index contributed by atoms with van der Waals surface area (Å²) in [5.41, 5.74) is 8.39. The third-order valence-electron chi connectivity index (χ3n) is 3.47. The van der Waals surface area contributed by atoms with Gasteiger partial charge in [0.05, 0.1) is 6.54 Å². The fraction of sp³-hybridized carbons (Fsp3) is 0.278. The molecule has 0 aliphatic rings. The molecule has 5 heteroatoms. The molecule has 2 rings (SSSR count). The van der Waals surface area contributed by atoms with E-state index >= 15 is 0 Å². The van der Waals surface area contributed by atoms with Crippen molar-refractivity contribution < 1.29 is 9.53 Å². The largest absolute Gasteiger partial charge is 0.492 e. The summed E-state index contributed by atoms with van der Waals surface area (Å²) in [5, 5.41) is 0. The molecule has 0 aliphatic heterocycles. The second-order valence-electron chi connectivity index (χ2n) is 5.29. The predicted molar refractivity (Wildman–Crippen MR) is 95.2 cm³/mol. The second-order valence-corrected chi connectivity index (χ2v) is 5.29. The van der Waals surface area contributed by atoms with Crippen molar-refractivity contribution in [1.82, 2.24) is 4.90 Å². The van der Waals surface area contributed by atoms with E-state index in [9.17, 15) is 4.79 Å². The molecule has 0 bridgehead atoms. The van der Waals surface area contributed by atoms with E-state index in [4.69, 9.17) is 10.5 Å². The number of halogens is 1. The fourth-order valence-electron chi connectivity index (χ4n) is 2.11. The molecule has 124 valence electrons. The van der Waals surface area contributed by atoms with Gasteiger partial charge in [-0.25, -0.2) is 0 Å². The van der Waals surface area contributed by atoms with Crippen molar-refractivity contribution in [2.75, 3.05) is 20.2 Å². The summed E-state index contributed by atoms with van der Waals surface area (Å²) in [7, 11) is 1.78. The molecule has 23 heavy (non-hydrogen) atoms. The number of nitrogens with zero attached hydrogens (tertiary/aromatic N) is 1. The molecule has 0 spiro atoms. The van der Waals surface area contributed by atoms with Gasteiger partial charge in [-0.15, -0.1) is 12.4 Å². The lowest BCUT2D eigenvalue weighted by Gasteiger charge is -2.18. The lowest BCUT2D eigenvalue weighted by molar-refractivity contribution is 0.0773. The number of hydrogen-bond acceptors (Lipinski definition) is 3. The van der Waals surface area contributed by atoms with Crippen LogP contribution in [0.2, 0.25) is 0 Å². The maximum Gasteiger partial charge on any atom is 0.253 e. The van der Waals surface area contributed by atoms with Crippen LogP contribution in [0.15, 0.2) is 48.5 Å². The van der Waals surface area contributed by atoms with Crippen molar-refractivity contribution in [3.8, 4) is 5.75 Å². The van der Waals surface area contributed by atoms with Gasteiger partial charge in [0.1, 0.15) is 12.4 Å². The van der Waals surface area contributed by atoms with E-state index in [0.29, 0.717) is 25.3 Å². The highest BCUT2D eigenvalue weighted by molar-refractivity contribution is 5.94. The van der Waals surface area contributed by atoms with Gasteiger partial charge in [-0.3, -0.25) is 4.79 Å². The molecule has 2 aromatic carbocycles. The average molecular weight is 335 g/mol. The zero-order valence-electron chi connectivity index (χ0n) is 13.5. The number of carbonyl (C=O) groups is 1. The molecule has 0 atom stereocenters. The van der Waals surface area contributed by atoms with E-state index in [1.54, 1.807) is 11.9 Å². The van der Waals surface area contributed by atoms with Gasteiger partial charge in [-0.05, 0) is 42.3 Å². The van der Waals surface area contributed by atoms with Crippen LogP contribution in [-0.2, 0) is 6.54 Å². The van der Waals surface area contributed by atoms with E-state index in [1.807, 2.05) is 55.5 Å². The van der Waals surface area contributed by atoms with Crippen LogP contribution in [0.1, 0.15) is 21.5 Å². The van der Waals surface area contributed by atoms with Crippen molar-refractivity contribution in [2.24, 2.45) is 5.73 Å². The highest BCUT2D eigenvalue weighted by Gasteiger charge is 2.11. The van der Waals surface area contributed by atoms with E-state index < -0.39 is 0 Å². The van der Waals surface area contributed by atoms with Crippen LogP contribution >= 0.6 is 12.4 Å². The molecule has 2 N–H and O–H groups in total. The first kappa shape index (κ1) is 19.0. The van der Waals surface area contributed by atoms with Gasteiger partial charge >= 0.3 is 0 Å². The van der Waals surface area contributed by atoms with Crippen LogP contribution in [-0.4, -0.2) is 31.0 Å². The number of carbonyl (C=O) groups excluding carboxylic acids is 1. The molecular weight excluding hydrogens is 312 g/mol. The van der Waals surface area contributed by atoms with Crippen LogP contribution in [0.3, 0.4) is 0 Å². The molecule has 0 radical (unpaired) electrons. The highest BCUT2D eigenvalue weighted by Crippen LogP contribution is 2.12. The zero-order valence-corrected chi connectivity index (χ0v) is 14.3. The zero-order chi connectivity index (χ0) is 15.9. The molecular formula is C18H23ClN2O2. The highest BCUT2D eigenvalue weighted by atomic mass is 35.5. The minimum atomic E-state index is -0.0172. The topological polar surface area (TPSA) is 55.6 Å². The number of hydrogen-bond donors (Lipinski definition) is 1. The maximum absolute atomic E-state index is 12.3. The van der Waals surface area contributed by atoms with Crippen molar-refractivity contribution >= 4 is 18.3 Å². The average Bonchev–Trinajstić information content (AvgIpc) is 2.54.